The van der Waals surface area contributed by atoms with Crippen LogP contribution >= 0.6 is 0 Å². The standard InChI is InChI=1S/C29H42O4/c1-4-6-8-9-10-11-15-22-31-24(3)25-18-20-26(21-19-25)29(30)33-28-17-13-12-16-27(28)32-23-14-7-5-2/h12-13,16-21,24H,4-11,14-15,22-23H2,1-3H3. The maximum Gasteiger partial charge on any atom is 0.343 e. The summed E-state index contributed by atoms with van der Waals surface area (Å²) in [6.07, 6.45) is 12.2. The number of rotatable bonds is 17. The van der Waals surface area contributed by atoms with Gasteiger partial charge in [0.1, 0.15) is 0 Å². The lowest BCUT2D eigenvalue weighted by Crippen LogP contribution is -2.10. The number of carbonyl (C=O) groups is 1. The van der Waals surface area contributed by atoms with Gasteiger partial charge in [-0.25, -0.2) is 4.79 Å². The van der Waals surface area contributed by atoms with Gasteiger partial charge in [0, 0.05) is 6.61 Å². The third kappa shape index (κ3) is 10.4. The van der Waals surface area contributed by atoms with Crippen LogP contribution < -0.4 is 9.47 Å². The first-order chi connectivity index (χ1) is 16.2. The third-order valence-corrected chi connectivity index (χ3v) is 5.79. The van der Waals surface area contributed by atoms with E-state index in [-0.39, 0.29) is 12.1 Å². The van der Waals surface area contributed by atoms with Crippen molar-refractivity contribution in [1.82, 2.24) is 0 Å². The van der Waals surface area contributed by atoms with Gasteiger partial charge >= 0.3 is 5.97 Å². The lowest BCUT2D eigenvalue weighted by molar-refractivity contribution is 0.0625. The molecule has 0 amide bonds. The van der Waals surface area contributed by atoms with E-state index in [9.17, 15) is 4.79 Å². The SMILES string of the molecule is CCCCCCCCCOC(C)c1ccc(C(=O)Oc2ccccc2OCCCCC)cc1. The van der Waals surface area contributed by atoms with Crippen LogP contribution in [-0.4, -0.2) is 19.2 Å². The molecular formula is C29H42O4. The number of carbonyl (C=O) groups excluding carboxylic acids is 1. The van der Waals surface area contributed by atoms with E-state index in [2.05, 4.69) is 20.8 Å². The summed E-state index contributed by atoms with van der Waals surface area (Å²) in [5, 5.41) is 0. The lowest BCUT2D eigenvalue weighted by atomic mass is 10.1. The Bertz CT molecular complexity index is 784. The number of esters is 1. The van der Waals surface area contributed by atoms with E-state index >= 15 is 0 Å². The zero-order chi connectivity index (χ0) is 23.7. The summed E-state index contributed by atoms with van der Waals surface area (Å²) >= 11 is 0. The predicted molar refractivity (Wildman–Crippen MR) is 135 cm³/mol. The summed E-state index contributed by atoms with van der Waals surface area (Å²) in [7, 11) is 0. The molecule has 2 aromatic carbocycles. The number of hydrogen-bond donors (Lipinski definition) is 0. The van der Waals surface area contributed by atoms with Gasteiger partial charge in [0.15, 0.2) is 11.5 Å². The highest BCUT2D eigenvalue weighted by Crippen LogP contribution is 2.28. The summed E-state index contributed by atoms with van der Waals surface area (Å²) in [6, 6.07) is 14.8. The normalized spacial score (nSPS) is 11.8. The van der Waals surface area contributed by atoms with Gasteiger partial charge in [0.05, 0.1) is 18.3 Å². The Morgan fingerprint density at radius 2 is 1.30 bits per heavy atom. The fourth-order valence-electron chi connectivity index (χ4n) is 3.65. The molecule has 1 atom stereocenters. The van der Waals surface area contributed by atoms with Crippen LogP contribution in [0.4, 0.5) is 0 Å². The summed E-state index contributed by atoms with van der Waals surface area (Å²) in [5.41, 5.74) is 1.58. The van der Waals surface area contributed by atoms with Crippen molar-refractivity contribution in [1.29, 1.82) is 0 Å². The van der Waals surface area contributed by atoms with E-state index < -0.39 is 0 Å². The smallest absolute Gasteiger partial charge is 0.343 e. The quantitative estimate of drug-likeness (QED) is 0.137. The number of ether oxygens (including phenoxy) is 3. The highest BCUT2D eigenvalue weighted by molar-refractivity contribution is 5.91. The average molecular weight is 455 g/mol. The minimum atomic E-state index is -0.386. The topological polar surface area (TPSA) is 44.8 Å². The van der Waals surface area contributed by atoms with Gasteiger partial charge in [-0.1, -0.05) is 89.5 Å². The molecule has 0 radical (unpaired) electrons. The second-order valence-electron chi connectivity index (χ2n) is 8.65. The second kappa shape index (κ2) is 16.3. The molecule has 2 rings (SSSR count). The van der Waals surface area contributed by atoms with E-state index in [1.54, 1.807) is 18.2 Å². The molecule has 0 fully saturated rings. The third-order valence-electron chi connectivity index (χ3n) is 5.79. The number of unbranched alkanes of at least 4 members (excludes halogenated alkanes) is 8. The monoisotopic (exact) mass is 454 g/mol. The largest absolute Gasteiger partial charge is 0.490 e. The molecule has 0 saturated heterocycles. The second-order valence-corrected chi connectivity index (χ2v) is 8.65. The zero-order valence-electron chi connectivity index (χ0n) is 20.8. The van der Waals surface area contributed by atoms with Crippen LogP contribution in [0.2, 0.25) is 0 Å². The van der Waals surface area contributed by atoms with Crippen molar-refractivity contribution >= 4 is 5.97 Å². The van der Waals surface area contributed by atoms with Crippen molar-refractivity contribution in [3.05, 3.63) is 59.7 Å². The van der Waals surface area contributed by atoms with Crippen LogP contribution in [0.15, 0.2) is 48.5 Å². The van der Waals surface area contributed by atoms with E-state index in [4.69, 9.17) is 14.2 Å². The van der Waals surface area contributed by atoms with E-state index in [0.717, 1.165) is 37.9 Å². The van der Waals surface area contributed by atoms with Crippen molar-refractivity contribution in [3.8, 4) is 11.5 Å². The van der Waals surface area contributed by atoms with Gasteiger partial charge in [-0.05, 0) is 49.6 Å². The molecule has 0 aliphatic heterocycles. The molecule has 0 aliphatic carbocycles. The predicted octanol–water partition coefficient (Wildman–Crippen LogP) is 8.30. The molecular weight excluding hydrogens is 412 g/mol. The molecule has 0 spiro atoms. The first kappa shape index (κ1) is 26.9. The molecule has 182 valence electrons. The Labute approximate surface area is 200 Å². The van der Waals surface area contributed by atoms with Gasteiger partial charge in [0.2, 0.25) is 0 Å². The number of para-hydroxylation sites is 2. The van der Waals surface area contributed by atoms with E-state index in [1.807, 2.05) is 30.3 Å². The van der Waals surface area contributed by atoms with Crippen molar-refractivity contribution in [2.75, 3.05) is 13.2 Å². The Balaban J connectivity index is 1.78. The van der Waals surface area contributed by atoms with Gasteiger partial charge in [-0.3, -0.25) is 0 Å². The molecule has 1 unspecified atom stereocenters. The molecule has 0 heterocycles. The highest BCUT2D eigenvalue weighted by Gasteiger charge is 2.13. The molecule has 0 bridgehead atoms. The lowest BCUT2D eigenvalue weighted by Gasteiger charge is -2.14. The average Bonchev–Trinajstić information content (AvgIpc) is 2.84. The minimum absolute atomic E-state index is 0.00686. The molecule has 4 nitrogen and oxygen atoms in total. The van der Waals surface area contributed by atoms with Gasteiger partial charge in [-0.15, -0.1) is 0 Å². The van der Waals surface area contributed by atoms with Crippen LogP contribution in [0.1, 0.15) is 107 Å². The van der Waals surface area contributed by atoms with Crippen LogP contribution in [-0.2, 0) is 4.74 Å². The first-order valence-corrected chi connectivity index (χ1v) is 12.8. The Morgan fingerprint density at radius 3 is 2.00 bits per heavy atom. The Morgan fingerprint density at radius 1 is 0.727 bits per heavy atom. The van der Waals surface area contributed by atoms with Gasteiger partial charge in [-0.2, -0.15) is 0 Å². The molecule has 0 saturated carbocycles. The Hall–Kier alpha value is -2.33. The van der Waals surface area contributed by atoms with Gasteiger partial charge in [0.25, 0.3) is 0 Å². The Kier molecular flexibility index (Phi) is 13.3. The summed E-state index contributed by atoms with van der Waals surface area (Å²) in [6.45, 7) is 7.85. The molecule has 0 N–H and O–H groups in total. The maximum absolute atomic E-state index is 12.7. The first-order valence-electron chi connectivity index (χ1n) is 12.8. The van der Waals surface area contributed by atoms with E-state index in [1.165, 1.54) is 38.5 Å². The summed E-state index contributed by atoms with van der Waals surface area (Å²) in [4.78, 5) is 12.7. The molecule has 4 heteroatoms. The number of hydrogen-bond acceptors (Lipinski definition) is 4. The number of benzene rings is 2. The zero-order valence-corrected chi connectivity index (χ0v) is 20.8. The van der Waals surface area contributed by atoms with Crippen molar-refractivity contribution in [3.63, 3.8) is 0 Å². The minimum Gasteiger partial charge on any atom is -0.490 e. The van der Waals surface area contributed by atoms with Crippen LogP contribution in [0.3, 0.4) is 0 Å². The molecule has 33 heavy (non-hydrogen) atoms. The van der Waals surface area contributed by atoms with Crippen molar-refractivity contribution < 1.29 is 19.0 Å². The molecule has 0 aromatic heterocycles. The fourth-order valence-corrected chi connectivity index (χ4v) is 3.65. The molecule has 0 aliphatic rings. The maximum atomic E-state index is 12.7. The highest BCUT2D eigenvalue weighted by atomic mass is 16.6. The van der Waals surface area contributed by atoms with Gasteiger partial charge < -0.3 is 14.2 Å². The molecule has 2 aromatic rings. The summed E-state index contributed by atoms with van der Waals surface area (Å²) in [5.74, 6) is 0.670. The van der Waals surface area contributed by atoms with Crippen LogP contribution in [0.25, 0.3) is 0 Å². The van der Waals surface area contributed by atoms with Crippen molar-refractivity contribution in [2.24, 2.45) is 0 Å². The van der Waals surface area contributed by atoms with Crippen LogP contribution in [0, 0.1) is 0 Å². The van der Waals surface area contributed by atoms with Crippen LogP contribution in [0.5, 0.6) is 11.5 Å². The van der Waals surface area contributed by atoms with Crippen molar-refractivity contribution in [2.45, 2.75) is 91.1 Å². The fraction of sp³-hybridized carbons (Fsp3) is 0.552. The van der Waals surface area contributed by atoms with E-state index in [0.29, 0.717) is 23.7 Å². The summed E-state index contributed by atoms with van der Waals surface area (Å²) < 4.78 is 17.4.